The third kappa shape index (κ3) is 2.72. The van der Waals surface area contributed by atoms with Gasteiger partial charge in [-0.05, 0) is 32.6 Å². The van der Waals surface area contributed by atoms with Crippen LogP contribution in [0.2, 0.25) is 0 Å². The molecule has 0 aliphatic carbocycles. The van der Waals surface area contributed by atoms with E-state index in [0.717, 1.165) is 13.1 Å². The Balaban J connectivity index is 1.92. The predicted octanol–water partition coefficient (Wildman–Crippen LogP) is 0.434. The van der Waals surface area contributed by atoms with Gasteiger partial charge in [-0.3, -0.25) is 0 Å². The number of rotatable bonds is 1. The molecule has 98 valence electrons. The Labute approximate surface area is 102 Å². The number of hydrogen-bond donors (Lipinski definition) is 2. The summed E-state index contributed by atoms with van der Waals surface area (Å²) in [6, 6.07) is 0.132. The summed E-state index contributed by atoms with van der Waals surface area (Å²) in [5, 5.41) is 12.5. The molecule has 0 aromatic carbocycles. The number of aliphatic hydroxyl groups is 1. The summed E-state index contributed by atoms with van der Waals surface area (Å²) in [7, 11) is 0. The van der Waals surface area contributed by atoms with Crippen LogP contribution in [0.5, 0.6) is 0 Å². The van der Waals surface area contributed by atoms with E-state index >= 15 is 0 Å². The molecule has 2 fully saturated rings. The van der Waals surface area contributed by atoms with Gasteiger partial charge in [0.15, 0.2) is 0 Å². The molecule has 0 spiro atoms. The largest absolute Gasteiger partial charge is 0.444 e. The van der Waals surface area contributed by atoms with Crippen LogP contribution in [0.25, 0.3) is 0 Å². The van der Waals surface area contributed by atoms with Crippen LogP contribution in [-0.2, 0) is 4.74 Å². The van der Waals surface area contributed by atoms with E-state index in [1.165, 1.54) is 0 Å². The van der Waals surface area contributed by atoms with Crippen molar-refractivity contribution in [3.8, 4) is 0 Å². The highest BCUT2D eigenvalue weighted by atomic mass is 16.6. The first kappa shape index (κ1) is 12.6. The zero-order valence-electron chi connectivity index (χ0n) is 10.8. The lowest BCUT2D eigenvalue weighted by Gasteiger charge is -2.25. The Morgan fingerprint density at radius 3 is 2.76 bits per heavy atom. The molecule has 5 nitrogen and oxygen atoms in total. The molecule has 2 saturated heterocycles. The first-order chi connectivity index (χ1) is 7.90. The van der Waals surface area contributed by atoms with E-state index in [2.05, 4.69) is 5.32 Å². The number of carbonyl (C=O) groups is 1. The van der Waals surface area contributed by atoms with Crippen LogP contribution in [0.15, 0.2) is 0 Å². The van der Waals surface area contributed by atoms with Crippen molar-refractivity contribution in [1.82, 2.24) is 10.2 Å². The molecule has 3 atom stereocenters. The number of ether oxygens (including phenoxy) is 1. The van der Waals surface area contributed by atoms with Crippen molar-refractivity contribution in [3.63, 3.8) is 0 Å². The smallest absolute Gasteiger partial charge is 0.410 e. The molecule has 5 heteroatoms. The lowest BCUT2D eigenvalue weighted by atomic mass is 9.95. The number of carbonyl (C=O) groups excluding carboxylic acids is 1. The van der Waals surface area contributed by atoms with Crippen molar-refractivity contribution in [1.29, 1.82) is 0 Å². The summed E-state index contributed by atoms with van der Waals surface area (Å²) in [6.45, 7) is 8.08. The number of amides is 1. The average molecular weight is 242 g/mol. The van der Waals surface area contributed by atoms with Gasteiger partial charge in [0.05, 0.1) is 6.61 Å². The summed E-state index contributed by atoms with van der Waals surface area (Å²) < 4.78 is 5.36. The van der Waals surface area contributed by atoms with Gasteiger partial charge >= 0.3 is 6.09 Å². The Morgan fingerprint density at radius 2 is 2.18 bits per heavy atom. The van der Waals surface area contributed by atoms with E-state index in [-0.39, 0.29) is 18.7 Å². The fourth-order valence-electron chi connectivity index (χ4n) is 2.70. The second kappa shape index (κ2) is 4.46. The number of aliphatic hydroxyl groups excluding tert-OH is 1. The van der Waals surface area contributed by atoms with Crippen LogP contribution in [0.3, 0.4) is 0 Å². The molecule has 1 amide bonds. The van der Waals surface area contributed by atoms with E-state index in [4.69, 9.17) is 4.74 Å². The third-order valence-electron chi connectivity index (χ3n) is 3.50. The van der Waals surface area contributed by atoms with Gasteiger partial charge in [0.1, 0.15) is 5.60 Å². The van der Waals surface area contributed by atoms with Gasteiger partial charge in [-0.15, -0.1) is 0 Å². The van der Waals surface area contributed by atoms with Crippen molar-refractivity contribution in [2.75, 3.05) is 26.2 Å². The Bertz CT molecular complexity index is 301. The summed E-state index contributed by atoms with van der Waals surface area (Å²) in [5.41, 5.74) is -0.441. The van der Waals surface area contributed by atoms with Crippen molar-refractivity contribution in [2.45, 2.75) is 32.4 Å². The van der Waals surface area contributed by atoms with Crippen molar-refractivity contribution >= 4 is 6.09 Å². The number of likely N-dealkylation sites (tertiary alicyclic amines) is 1. The van der Waals surface area contributed by atoms with Crippen LogP contribution in [0.1, 0.15) is 20.8 Å². The normalized spacial score (nSPS) is 32.7. The van der Waals surface area contributed by atoms with Crippen molar-refractivity contribution in [3.05, 3.63) is 0 Å². The first-order valence-corrected chi connectivity index (χ1v) is 6.23. The van der Waals surface area contributed by atoms with Crippen molar-refractivity contribution < 1.29 is 14.6 Å². The number of fused-ring (bicyclic) bond motifs is 1. The van der Waals surface area contributed by atoms with E-state index < -0.39 is 5.60 Å². The zero-order valence-corrected chi connectivity index (χ0v) is 10.8. The Morgan fingerprint density at radius 1 is 1.47 bits per heavy atom. The maximum atomic E-state index is 11.9. The van der Waals surface area contributed by atoms with Crippen LogP contribution >= 0.6 is 0 Å². The van der Waals surface area contributed by atoms with Gasteiger partial charge in [-0.25, -0.2) is 4.79 Å². The van der Waals surface area contributed by atoms with Gasteiger partial charge < -0.3 is 20.1 Å². The highest BCUT2D eigenvalue weighted by Gasteiger charge is 2.44. The number of hydrogen-bond acceptors (Lipinski definition) is 4. The van der Waals surface area contributed by atoms with Gasteiger partial charge in [0.25, 0.3) is 0 Å². The zero-order chi connectivity index (χ0) is 12.6. The second-order valence-electron chi connectivity index (χ2n) is 6.01. The quantitative estimate of drug-likeness (QED) is 0.700. The summed E-state index contributed by atoms with van der Waals surface area (Å²) in [6.07, 6.45) is -0.233. The van der Waals surface area contributed by atoms with Gasteiger partial charge in [-0.2, -0.15) is 0 Å². The van der Waals surface area contributed by atoms with Crippen LogP contribution in [-0.4, -0.2) is 54.0 Å². The van der Waals surface area contributed by atoms with Crippen molar-refractivity contribution in [2.24, 2.45) is 11.8 Å². The van der Waals surface area contributed by atoms with E-state index in [0.29, 0.717) is 18.4 Å². The molecule has 0 bridgehead atoms. The molecule has 2 N–H and O–H groups in total. The van der Waals surface area contributed by atoms with Crippen LogP contribution in [0, 0.1) is 11.8 Å². The topological polar surface area (TPSA) is 61.8 Å². The molecule has 0 aromatic rings. The molecule has 3 unspecified atom stereocenters. The monoisotopic (exact) mass is 242 g/mol. The average Bonchev–Trinajstić information content (AvgIpc) is 2.72. The minimum Gasteiger partial charge on any atom is -0.444 e. The standard InChI is InChI=1S/C12H22N2O3/c1-12(2,3)17-11(16)14-5-8-4-13-10(7-15)9(8)6-14/h8-10,13,15H,4-7H2,1-3H3. The molecular weight excluding hydrogens is 220 g/mol. The molecule has 2 heterocycles. The highest BCUT2D eigenvalue weighted by Crippen LogP contribution is 2.31. The fourth-order valence-corrected chi connectivity index (χ4v) is 2.70. The maximum Gasteiger partial charge on any atom is 0.410 e. The minimum atomic E-state index is -0.441. The molecule has 2 aliphatic heterocycles. The summed E-state index contributed by atoms with van der Waals surface area (Å²) >= 11 is 0. The molecule has 17 heavy (non-hydrogen) atoms. The minimum absolute atomic E-state index is 0.132. The van der Waals surface area contributed by atoms with Gasteiger partial charge in [0, 0.05) is 25.7 Å². The molecule has 2 aliphatic rings. The molecule has 0 saturated carbocycles. The summed E-state index contributed by atoms with van der Waals surface area (Å²) in [5.74, 6) is 0.826. The Kier molecular flexibility index (Phi) is 3.32. The van der Waals surface area contributed by atoms with E-state index in [9.17, 15) is 9.90 Å². The second-order valence-corrected chi connectivity index (χ2v) is 6.01. The predicted molar refractivity (Wildman–Crippen MR) is 63.7 cm³/mol. The molecule has 0 aromatic heterocycles. The SMILES string of the molecule is CC(C)(C)OC(=O)N1CC2CNC(CO)C2C1. The lowest BCUT2D eigenvalue weighted by Crippen LogP contribution is -2.39. The van der Waals surface area contributed by atoms with Crippen LogP contribution in [0.4, 0.5) is 4.79 Å². The van der Waals surface area contributed by atoms with Crippen LogP contribution < -0.4 is 5.32 Å². The highest BCUT2D eigenvalue weighted by molar-refractivity contribution is 5.68. The summed E-state index contributed by atoms with van der Waals surface area (Å²) in [4.78, 5) is 13.7. The molecular formula is C12H22N2O3. The number of nitrogens with one attached hydrogen (secondary N) is 1. The van der Waals surface area contributed by atoms with Gasteiger partial charge in [-0.1, -0.05) is 0 Å². The lowest BCUT2D eigenvalue weighted by molar-refractivity contribution is 0.0276. The first-order valence-electron chi connectivity index (χ1n) is 6.23. The third-order valence-corrected chi connectivity index (χ3v) is 3.50. The van der Waals surface area contributed by atoms with E-state index in [1.54, 1.807) is 4.90 Å². The van der Waals surface area contributed by atoms with Gasteiger partial charge in [0.2, 0.25) is 0 Å². The Hall–Kier alpha value is -0.810. The molecule has 2 rings (SSSR count). The van der Waals surface area contributed by atoms with E-state index in [1.807, 2.05) is 20.8 Å². The number of nitrogens with zero attached hydrogens (tertiary/aromatic N) is 1. The maximum absolute atomic E-state index is 11.9. The molecule has 0 radical (unpaired) electrons. The fraction of sp³-hybridized carbons (Fsp3) is 0.917.